The average Bonchev–Trinajstić information content (AvgIpc) is 3.05. The van der Waals surface area contributed by atoms with Gasteiger partial charge in [0.25, 0.3) is 8.32 Å². The van der Waals surface area contributed by atoms with E-state index in [-0.39, 0.29) is 17.1 Å². The van der Waals surface area contributed by atoms with Crippen LogP contribution in [-0.2, 0) is 23.1 Å². The van der Waals surface area contributed by atoms with Crippen molar-refractivity contribution < 1.29 is 23.1 Å². The number of carbonyl (C=O) groups excluding carboxylic acids is 1. The summed E-state index contributed by atoms with van der Waals surface area (Å²) in [6.07, 6.45) is 7.63. The number of benzene rings is 2. The lowest BCUT2D eigenvalue weighted by Gasteiger charge is -2.49. The van der Waals surface area contributed by atoms with Crippen LogP contribution in [0.4, 0.5) is 0 Å². The van der Waals surface area contributed by atoms with Gasteiger partial charge in [0.1, 0.15) is 11.7 Å². The normalized spacial score (nSPS) is 18.2. The van der Waals surface area contributed by atoms with Crippen LogP contribution in [0.3, 0.4) is 0 Å². The fourth-order valence-electron chi connectivity index (χ4n) is 7.04. The second kappa shape index (κ2) is 17.1. The average molecular weight is 653 g/mol. The molecule has 0 amide bonds. The molecule has 250 valence electrons. The van der Waals surface area contributed by atoms with Crippen molar-refractivity contribution in [3.63, 3.8) is 0 Å². The van der Waals surface area contributed by atoms with E-state index >= 15 is 0 Å². The fourth-order valence-corrected chi connectivity index (χ4v) is 14.5. The Morgan fingerprint density at radius 1 is 0.911 bits per heavy atom. The quantitative estimate of drug-likeness (QED) is 0.119. The van der Waals surface area contributed by atoms with Gasteiger partial charge in [-0.2, -0.15) is 0 Å². The van der Waals surface area contributed by atoms with Crippen LogP contribution in [0.2, 0.25) is 23.2 Å². The molecule has 0 aromatic heterocycles. The second-order valence-electron chi connectivity index (χ2n) is 13.6. The molecule has 1 aliphatic heterocycles. The van der Waals surface area contributed by atoms with Gasteiger partial charge >= 0.3 is 5.97 Å². The fraction of sp³-hybridized carbons (Fsp3) is 0.605. The highest BCUT2D eigenvalue weighted by molar-refractivity contribution is 6.99. The molecule has 0 N–H and O–H groups in total. The van der Waals surface area contributed by atoms with Crippen molar-refractivity contribution in [2.24, 2.45) is 0 Å². The van der Waals surface area contributed by atoms with Gasteiger partial charge in [-0.05, 0) is 72.2 Å². The Morgan fingerprint density at radius 2 is 1.49 bits per heavy atom. The van der Waals surface area contributed by atoms with Crippen LogP contribution < -0.4 is 10.4 Å². The highest BCUT2D eigenvalue weighted by Gasteiger charge is 2.53. The first-order valence-electron chi connectivity index (χ1n) is 17.5. The number of allylic oxidation sites excluding steroid dienone is 2. The number of carbonyl (C=O) groups is 1. The molecule has 0 radical (unpaired) electrons. The van der Waals surface area contributed by atoms with Crippen molar-refractivity contribution in [3.05, 3.63) is 72.5 Å². The molecule has 0 bridgehead atoms. The highest BCUT2D eigenvalue weighted by Crippen LogP contribution is 2.42. The zero-order valence-electron chi connectivity index (χ0n) is 29.5. The Morgan fingerprint density at radius 3 is 1.98 bits per heavy atom. The summed E-state index contributed by atoms with van der Waals surface area (Å²) in [5.74, 6) is 0.713. The standard InChI is InChI=1S/C38H60O5Si2/c1-9-14-29-38(30-21-22-32(42-38)27-28-36(39)40-10-2)35(43-44(11-3,12-4)13-5)31-41-45(37(6,7)8,33-23-17-15-18-24-33)34-25-19-16-20-26-34/h15-20,22-26,35H,9-14,21,27-31H2,1-8H3/t35-,38+/m0/s1. The third-order valence-electron chi connectivity index (χ3n) is 9.89. The molecule has 1 aliphatic rings. The number of hydrogen-bond donors (Lipinski definition) is 0. The number of ether oxygens (including phenoxy) is 2. The Hall–Kier alpha value is -2.20. The molecule has 0 fully saturated rings. The first-order chi connectivity index (χ1) is 21.5. The molecule has 2 aromatic carbocycles. The Kier molecular flexibility index (Phi) is 14.2. The minimum absolute atomic E-state index is 0.135. The Balaban J connectivity index is 2.12. The molecule has 7 heteroatoms. The number of rotatable bonds is 18. The molecule has 2 aromatic rings. The number of unbranched alkanes of at least 4 members (excludes halogenated alkanes) is 1. The third kappa shape index (κ3) is 9.00. The van der Waals surface area contributed by atoms with Crippen LogP contribution in [0.15, 0.2) is 72.5 Å². The van der Waals surface area contributed by atoms with E-state index in [4.69, 9.17) is 18.3 Å². The zero-order chi connectivity index (χ0) is 33.0. The maximum Gasteiger partial charge on any atom is 0.306 e. The third-order valence-corrected chi connectivity index (χ3v) is 19.5. The lowest BCUT2D eigenvalue weighted by molar-refractivity contribution is -0.144. The van der Waals surface area contributed by atoms with Crippen LogP contribution in [0.25, 0.3) is 0 Å². The van der Waals surface area contributed by atoms with Gasteiger partial charge in [-0.15, -0.1) is 0 Å². The summed E-state index contributed by atoms with van der Waals surface area (Å²) in [6.45, 7) is 18.8. The largest absolute Gasteiger partial charge is 0.489 e. The lowest BCUT2D eigenvalue weighted by Crippen LogP contribution is -2.68. The molecule has 5 nitrogen and oxygen atoms in total. The molecular formula is C38H60O5Si2. The monoisotopic (exact) mass is 652 g/mol. The van der Waals surface area contributed by atoms with Gasteiger partial charge in [0.05, 0.1) is 25.4 Å². The molecule has 45 heavy (non-hydrogen) atoms. The molecule has 0 aliphatic carbocycles. The maximum atomic E-state index is 12.3. The molecule has 0 saturated carbocycles. The van der Waals surface area contributed by atoms with Crippen LogP contribution in [0, 0.1) is 0 Å². The molecule has 0 saturated heterocycles. The van der Waals surface area contributed by atoms with Crippen LogP contribution in [0.5, 0.6) is 0 Å². The Bertz CT molecular complexity index is 1140. The van der Waals surface area contributed by atoms with Crippen LogP contribution >= 0.6 is 0 Å². The maximum absolute atomic E-state index is 12.3. The van der Waals surface area contributed by atoms with E-state index in [9.17, 15) is 4.79 Å². The summed E-state index contributed by atoms with van der Waals surface area (Å²) in [4.78, 5) is 12.3. The van der Waals surface area contributed by atoms with Gasteiger partial charge < -0.3 is 18.3 Å². The van der Waals surface area contributed by atoms with Gasteiger partial charge in [-0.3, -0.25) is 4.79 Å². The summed E-state index contributed by atoms with van der Waals surface area (Å²) >= 11 is 0. The van der Waals surface area contributed by atoms with Gasteiger partial charge in [-0.1, -0.05) is 116 Å². The summed E-state index contributed by atoms with van der Waals surface area (Å²) in [6, 6.07) is 24.9. The minimum atomic E-state index is -2.80. The van der Waals surface area contributed by atoms with Crippen molar-refractivity contribution >= 4 is 33.0 Å². The van der Waals surface area contributed by atoms with Gasteiger partial charge in [-0.25, -0.2) is 0 Å². The van der Waals surface area contributed by atoms with Crippen molar-refractivity contribution in [1.29, 1.82) is 0 Å². The lowest BCUT2D eigenvalue weighted by atomic mass is 9.84. The van der Waals surface area contributed by atoms with Gasteiger partial charge in [0, 0.05) is 6.42 Å². The summed E-state index contributed by atoms with van der Waals surface area (Å²) in [5, 5.41) is 2.41. The topological polar surface area (TPSA) is 54.0 Å². The van der Waals surface area contributed by atoms with Gasteiger partial charge in [0.2, 0.25) is 0 Å². The molecule has 3 rings (SSSR count). The van der Waals surface area contributed by atoms with E-state index in [1.54, 1.807) is 0 Å². The van der Waals surface area contributed by atoms with Crippen molar-refractivity contribution in [2.75, 3.05) is 13.2 Å². The van der Waals surface area contributed by atoms with Crippen molar-refractivity contribution in [2.45, 2.75) is 135 Å². The van der Waals surface area contributed by atoms with Crippen molar-refractivity contribution in [3.8, 4) is 0 Å². The van der Waals surface area contributed by atoms with E-state index in [1.165, 1.54) is 10.4 Å². The van der Waals surface area contributed by atoms with Crippen LogP contribution in [-0.4, -0.2) is 47.5 Å². The molecule has 2 atom stereocenters. The van der Waals surface area contributed by atoms with Crippen LogP contribution in [0.1, 0.15) is 100 Å². The summed E-state index contributed by atoms with van der Waals surface area (Å²) in [5.41, 5.74) is -0.516. The van der Waals surface area contributed by atoms with E-state index in [0.29, 0.717) is 26.1 Å². The number of esters is 1. The minimum Gasteiger partial charge on any atom is -0.489 e. The molecular weight excluding hydrogens is 593 g/mol. The predicted molar refractivity (Wildman–Crippen MR) is 192 cm³/mol. The second-order valence-corrected chi connectivity index (χ2v) is 22.6. The number of hydrogen-bond acceptors (Lipinski definition) is 5. The van der Waals surface area contributed by atoms with E-state index in [2.05, 4.69) is 115 Å². The summed E-state index contributed by atoms with van der Waals surface area (Å²) < 4.78 is 27.4. The molecule has 1 heterocycles. The van der Waals surface area contributed by atoms with Gasteiger partial charge in [0.15, 0.2) is 8.32 Å². The van der Waals surface area contributed by atoms with Crippen molar-refractivity contribution in [1.82, 2.24) is 0 Å². The smallest absolute Gasteiger partial charge is 0.306 e. The Labute approximate surface area is 276 Å². The SMILES string of the molecule is CCCC[C@]1([C@H](CO[Si](c2ccccc2)(c2ccccc2)C(C)(C)C)O[Si](CC)(CC)CC)CCC=C(CCC(=O)OCC)O1. The van der Waals surface area contributed by atoms with E-state index < -0.39 is 22.2 Å². The molecule has 0 spiro atoms. The zero-order valence-corrected chi connectivity index (χ0v) is 31.5. The van der Waals surface area contributed by atoms with E-state index in [1.807, 2.05) is 6.92 Å². The predicted octanol–water partition coefficient (Wildman–Crippen LogP) is 8.92. The first kappa shape index (κ1) is 37.3. The first-order valence-corrected chi connectivity index (χ1v) is 22.0. The van der Waals surface area contributed by atoms with E-state index in [0.717, 1.165) is 56.0 Å². The molecule has 0 unspecified atom stereocenters. The highest BCUT2D eigenvalue weighted by atomic mass is 28.4. The summed E-state index contributed by atoms with van der Waals surface area (Å²) in [7, 11) is -4.86.